The van der Waals surface area contributed by atoms with Gasteiger partial charge in [0.25, 0.3) is 0 Å². The van der Waals surface area contributed by atoms with Crippen LogP contribution in [0, 0.1) is 11.8 Å². The molecular formula is C15H27N3. The summed E-state index contributed by atoms with van der Waals surface area (Å²) in [5.41, 5.74) is 1.16. The maximum Gasteiger partial charge on any atom is 0.0952 e. The summed E-state index contributed by atoms with van der Waals surface area (Å²) in [6.45, 7) is 9.98. The zero-order valence-electron chi connectivity index (χ0n) is 12.2. The van der Waals surface area contributed by atoms with E-state index in [4.69, 9.17) is 0 Å². The second kappa shape index (κ2) is 5.87. The van der Waals surface area contributed by atoms with Gasteiger partial charge in [-0.1, -0.05) is 27.7 Å². The average Bonchev–Trinajstić information content (AvgIpc) is 2.79. The summed E-state index contributed by atoms with van der Waals surface area (Å²) >= 11 is 0. The maximum absolute atomic E-state index is 4.51. The Kier molecular flexibility index (Phi) is 4.44. The van der Waals surface area contributed by atoms with Gasteiger partial charge in [-0.2, -0.15) is 0 Å². The van der Waals surface area contributed by atoms with Crippen LogP contribution in [0.25, 0.3) is 0 Å². The Morgan fingerprint density at radius 1 is 1.33 bits per heavy atom. The first-order valence-electron chi connectivity index (χ1n) is 7.32. The topological polar surface area (TPSA) is 29.9 Å². The van der Waals surface area contributed by atoms with Gasteiger partial charge in [0.05, 0.1) is 12.0 Å². The Balaban J connectivity index is 1.93. The molecule has 1 N–H and O–H groups in total. The largest absolute Gasteiger partial charge is 0.334 e. The number of aromatic nitrogens is 2. The number of rotatable bonds is 4. The van der Waals surface area contributed by atoms with E-state index < -0.39 is 0 Å². The summed E-state index contributed by atoms with van der Waals surface area (Å²) in [6.07, 6.45) is 8.20. The quantitative estimate of drug-likeness (QED) is 0.886. The molecule has 0 spiro atoms. The molecule has 18 heavy (non-hydrogen) atoms. The van der Waals surface area contributed by atoms with Crippen LogP contribution in [0.3, 0.4) is 0 Å². The van der Waals surface area contributed by atoms with Crippen molar-refractivity contribution < 1.29 is 0 Å². The minimum absolute atomic E-state index is 0.519. The fourth-order valence-electron chi connectivity index (χ4n) is 2.77. The third kappa shape index (κ3) is 3.35. The van der Waals surface area contributed by atoms with Crippen molar-refractivity contribution in [2.24, 2.45) is 11.8 Å². The van der Waals surface area contributed by atoms with E-state index in [0.717, 1.165) is 24.1 Å². The lowest BCUT2D eigenvalue weighted by atomic mass is 9.79. The Hall–Kier alpha value is -0.830. The minimum Gasteiger partial charge on any atom is -0.334 e. The first-order chi connectivity index (χ1) is 8.56. The summed E-state index contributed by atoms with van der Waals surface area (Å²) in [4.78, 5) is 4.51. The van der Waals surface area contributed by atoms with Gasteiger partial charge in [0.15, 0.2) is 0 Å². The lowest BCUT2D eigenvalue weighted by molar-refractivity contribution is 0.210. The third-order valence-corrected chi connectivity index (χ3v) is 4.34. The van der Waals surface area contributed by atoms with Gasteiger partial charge in [-0.05, 0) is 31.1 Å². The molecule has 1 aliphatic carbocycles. The monoisotopic (exact) mass is 249 g/mol. The van der Waals surface area contributed by atoms with Crippen LogP contribution in [0.15, 0.2) is 12.5 Å². The summed E-state index contributed by atoms with van der Waals surface area (Å²) in [5, 5.41) is 3.42. The molecule has 2 rings (SSSR count). The van der Waals surface area contributed by atoms with Crippen LogP contribution in [0.1, 0.15) is 58.7 Å². The highest BCUT2D eigenvalue weighted by atomic mass is 15.1. The van der Waals surface area contributed by atoms with Gasteiger partial charge in [0.1, 0.15) is 0 Å². The van der Waals surface area contributed by atoms with Gasteiger partial charge in [-0.25, -0.2) is 4.98 Å². The third-order valence-electron chi connectivity index (χ3n) is 4.34. The molecule has 1 fully saturated rings. The number of hydrogen-bond donors (Lipinski definition) is 1. The van der Waals surface area contributed by atoms with E-state index in [-0.39, 0.29) is 0 Å². The summed E-state index contributed by atoms with van der Waals surface area (Å²) in [6, 6.07) is 1.18. The normalized spacial score (nSPS) is 28.8. The molecule has 0 radical (unpaired) electrons. The van der Waals surface area contributed by atoms with Crippen LogP contribution in [-0.4, -0.2) is 15.6 Å². The number of nitrogens with zero attached hydrogens (tertiary/aromatic N) is 2. The molecule has 0 bridgehead atoms. The fourth-order valence-corrected chi connectivity index (χ4v) is 2.77. The van der Waals surface area contributed by atoms with Crippen LogP contribution in [0.2, 0.25) is 0 Å². The van der Waals surface area contributed by atoms with Crippen LogP contribution in [-0.2, 0) is 6.54 Å². The number of imidazole rings is 1. The van der Waals surface area contributed by atoms with Crippen molar-refractivity contribution in [2.45, 2.75) is 65.6 Å². The molecule has 3 heteroatoms. The SMILES string of the molecule is CC(C)NCc1cn(C2CCC(C)C(C)C2)cn1. The van der Waals surface area contributed by atoms with Gasteiger partial charge in [-0.3, -0.25) is 0 Å². The Morgan fingerprint density at radius 2 is 2.11 bits per heavy atom. The summed E-state index contributed by atoms with van der Waals surface area (Å²) < 4.78 is 2.33. The van der Waals surface area contributed by atoms with Crippen molar-refractivity contribution in [1.29, 1.82) is 0 Å². The van der Waals surface area contributed by atoms with Gasteiger partial charge in [-0.15, -0.1) is 0 Å². The van der Waals surface area contributed by atoms with Crippen molar-refractivity contribution in [2.75, 3.05) is 0 Å². The lowest BCUT2D eigenvalue weighted by Crippen LogP contribution is -2.23. The Labute approximate surface area is 111 Å². The van der Waals surface area contributed by atoms with Crippen molar-refractivity contribution in [3.63, 3.8) is 0 Å². The van der Waals surface area contributed by atoms with E-state index in [1.807, 2.05) is 6.33 Å². The predicted molar refractivity (Wildman–Crippen MR) is 75.4 cm³/mol. The van der Waals surface area contributed by atoms with Crippen molar-refractivity contribution >= 4 is 0 Å². The molecule has 1 heterocycles. The highest BCUT2D eigenvalue weighted by Crippen LogP contribution is 2.36. The van der Waals surface area contributed by atoms with E-state index in [2.05, 4.69) is 48.8 Å². The molecule has 0 amide bonds. The van der Waals surface area contributed by atoms with Crippen LogP contribution in [0.4, 0.5) is 0 Å². The van der Waals surface area contributed by atoms with Crippen LogP contribution >= 0.6 is 0 Å². The molecule has 3 unspecified atom stereocenters. The number of hydrogen-bond acceptors (Lipinski definition) is 2. The molecule has 1 aliphatic rings. The molecule has 1 aromatic rings. The minimum atomic E-state index is 0.519. The standard InChI is InChI=1S/C15H27N3/c1-11(2)16-8-14-9-18(10-17-14)15-6-5-12(3)13(4)7-15/h9-13,15-16H,5-8H2,1-4H3. The van der Waals surface area contributed by atoms with E-state index in [1.165, 1.54) is 19.3 Å². The van der Waals surface area contributed by atoms with E-state index >= 15 is 0 Å². The van der Waals surface area contributed by atoms with Crippen LogP contribution < -0.4 is 5.32 Å². The molecule has 1 aromatic heterocycles. The van der Waals surface area contributed by atoms with Crippen molar-refractivity contribution in [3.05, 3.63) is 18.2 Å². The smallest absolute Gasteiger partial charge is 0.0952 e. The highest BCUT2D eigenvalue weighted by Gasteiger charge is 2.25. The predicted octanol–water partition coefficient (Wildman–Crippen LogP) is 3.38. The summed E-state index contributed by atoms with van der Waals surface area (Å²) in [7, 11) is 0. The average molecular weight is 249 g/mol. The first-order valence-corrected chi connectivity index (χ1v) is 7.32. The van der Waals surface area contributed by atoms with Gasteiger partial charge in [0, 0.05) is 24.8 Å². The Bertz CT molecular complexity index is 370. The zero-order chi connectivity index (χ0) is 13.1. The number of nitrogens with one attached hydrogen (secondary N) is 1. The fraction of sp³-hybridized carbons (Fsp3) is 0.800. The highest BCUT2D eigenvalue weighted by molar-refractivity contribution is 4.99. The van der Waals surface area contributed by atoms with Gasteiger partial charge >= 0.3 is 0 Å². The van der Waals surface area contributed by atoms with Crippen molar-refractivity contribution in [1.82, 2.24) is 14.9 Å². The molecule has 0 aliphatic heterocycles. The molecule has 0 saturated heterocycles. The maximum atomic E-state index is 4.51. The van der Waals surface area contributed by atoms with Gasteiger partial charge < -0.3 is 9.88 Å². The molecular weight excluding hydrogens is 222 g/mol. The molecule has 3 nitrogen and oxygen atoms in total. The molecule has 1 saturated carbocycles. The molecule has 0 aromatic carbocycles. The van der Waals surface area contributed by atoms with Gasteiger partial charge in [0.2, 0.25) is 0 Å². The molecule has 3 atom stereocenters. The lowest BCUT2D eigenvalue weighted by Gasteiger charge is -2.32. The van der Waals surface area contributed by atoms with E-state index in [1.54, 1.807) is 0 Å². The van der Waals surface area contributed by atoms with E-state index in [9.17, 15) is 0 Å². The second-order valence-electron chi connectivity index (χ2n) is 6.27. The van der Waals surface area contributed by atoms with Crippen molar-refractivity contribution in [3.8, 4) is 0 Å². The zero-order valence-corrected chi connectivity index (χ0v) is 12.2. The molecule has 102 valence electrons. The summed E-state index contributed by atoms with van der Waals surface area (Å²) in [5.74, 6) is 1.72. The van der Waals surface area contributed by atoms with E-state index in [0.29, 0.717) is 12.1 Å². The van der Waals surface area contributed by atoms with Crippen LogP contribution in [0.5, 0.6) is 0 Å². The Morgan fingerprint density at radius 3 is 2.78 bits per heavy atom. The first kappa shape index (κ1) is 13.6. The second-order valence-corrected chi connectivity index (χ2v) is 6.27.